The van der Waals surface area contributed by atoms with Crippen molar-refractivity contribution in [2.75, 3.05) is 0 Å². The summed E-state index contributed by atoms with van der Waals surface area (Å²) in [5, 5.41) is 4.74. The van der Waals surface area contributed by atoms with E-state index in [1.807, 2.05) is 18.2 Å². The van der Waals surface area contributed by atoms with Crippen LogP contribution in [0.25, 0.3) is 55.0 Å². The lowest BCUT2D eigenvalue weighted by Crippen LogP contribution is -2.24. The van der Waals surface area contributed by atoms with Crippen LogP contribution in [0.4, 0.5) is 0 Å². The minimum Gasteiger partial charge on any atom is -0.457 e. The van der Waals surface area contributed by atoms with E-state index in [0.717, 1.165) is 39.0 Å². The fourth-order valence-electron chi connectivity index (χ4n) is 6.32. The van der Waals surface area contributed by atoms with Crippen LogP contribution >= 0.6 is 0 Å². The predicted octanol–water partition coefficient (Wildman–Crippen LogP) is 10.5. The van der Waals surface area contributed by atoms with Crippen molar-refractivity contribution in [2.24, 2.45) is 0 Å². The molecule has 0 atom stereocenters. The van der Waals surface area contributed by atoms with Crippen molar-refractivity contribution < 1.29 is 9.15 Å². The number of hydrogen-bond acceptors (Lipinski definition) is 2. The Hall–Kier alpha value is -4.82. The van der Waals surface area contributed by atoms with Crippen LogP contribution in [0.1, 0.15) is 25.0 Å². The number of fused-ring (bicyclic) bond motifs is 6. The van der Waals surface area contributed by atoms with Gasteiger partial charge in [0.15, 0.2) is 0 Å². The summed E-state index contributed by atoms with van der Waals surface area (Å²) in [6.07, 6.45) is 0. The van der Waals surface area contributed by atoms with Gasteiger partial charge in [0.1, 0.15) is 22.7 Å². The SMILES string of the molecule is CC1(C)c2ccccc2Oc2cc(-c3ccc(-c4ccc5oc6ccccc6c5c4)c4ccccc34)ccc21. The van der Waals surface area contributed by atoms with Gasteiger partial charge in [-0.3, -0.25) is 0 Å². The molecule has 0 fully saturated rings. The number of rotatable bonds is 2. The molecule has 0 aliphatic carbocycles. The summed E-state index contributed by atoms with van der Waals surface area (Å²) in [6.45, 7) is 4.55. The highest BCUT2D eigenvalue weighted by molar-refractivity contribution is 6.09. The molecule has 2 nitrogen and oxygen atoms in total. The average molecular weight is 503 g/mol. The molecule has 1 aromatic heterocycles. The van der Waals surface area contributed by atoms with Crippen molar-refractivity contribution in [3.05, 3.63) is 132 Å². The maximum atomic E-state index is 6.44. The molecule has 186 valence electrons. The van der Waals surface area contributed by atoms with Crippen molar-refractivity contribution in [2.45, 2.75) is 19.3 Å². The van der Waals surface area contributed by atoms with E-state index in [2.05, 4.69) is 117 Å². The topological polar surface area (TPSA) is 22.4 Å². The monoisotopic (exact) mass is 502 g/mol. The Morgan fingerprint density at radius 2 is 1.05 bits per heavy atom. The zero-order valence-electron chi connectivity index (χ0n) is 21.9. The van der Waals surface area contributed by atoms with Crippen LogP contribution < -0.4 is 4.74 Å². The summed E-state index contributed by atoms with van der Waals surface area (Å²) < 4.78 is 12.5. The molecule has 8 rings (SSSR count). The molecule has 7 aromatic rings. The molecule has 0 saturated carbocycles. The largest absolute Gasteiger partial charge is 0.457 e. The first-order valence-electron chi connectivity index (χ1n) is 13.4. The molecule has 0 saturated heterocycles. The summed E-state index contributed by atoms with van der Waals surface area (Å²) in [5.41, 5.74) is 8.91. The maximum absolute atomic E-state index is 6.44. The Morgan fingerprint density at radius 1 is 0.462 bits per heavy atom. The van der Waals surface area contributed by atoms with Crippen LogP contribution in [-0.2, 0) is 5.41 Å². The molecule has 39 heavy (non-hydrogen) atoms. The van der Waals surface area contributed by atoms with E-state index >= 15 is 0 Å². The van der Waals surface area contributed by atoms with Gasteiger partial charge < -0.3 is 9.15 Å². The Labute approximate surface area is 227 Å². The maximum Gasteiger partial charge on any atom is 0.135 e. The van der Waals surface area contributed by atoms with Crippen molar-refractivity contribution in [3.63, 3.8) is 0 Å². The zero-order chi connectivity index (χ0) is 26.1. The van der Waals surface area contributed by atoms with E-state index in [4.69, 9.17) is 9.15 Å². The van der Waals surface area contributed by atoms with Crippen molar-refractivity contribution >= 4 is 32.7 Å². The molecule has 0 spiro atoms. The van der Waals surface area contributed by atoms with Crippen molar-refractivity contribution in [1.82, 2.24) is 0 Å². The molecule has 1 aliphatic heterocycles. The minimum absolute atomic E-state index is 0.121. The number of hydrogen-bond donors (Lipinski definition) is 0. The summed E-state index contributed by atoms with van der Waals surface area (Å²) in [5.74, 6) is 1.87. The lowest BCUT2D eigenvalue weighted by molar-refractivity contribution is 0.418. The summed E-state index contributed by atoms with van der Waals surface area (Å²) in [6, 6.07) is 43.0. The lowest BCUT2D eigenvalue weighted by Gasteiger charge is -2.34. The zero-order valence-corrected chi connectivity index (χ0v) is 21.9. The minimum atomic E-state index is -0.121. The van der Waals surface area contributed by atoms with Gasteiger partial charge in [-0.15, -0.1) is 0 Å². The molecule has 0 N–H and O–H groups in total. The van der Waals surface area contributed by atoms with Gasteiger partial charge in [0, 0.05) is 27.3 Å². The molecule has 0 amide bonds. The predicted molar refractivity (Wildman–Crippen MR) is 161 cm³/mol. The highest BCUT2D eigenvalue weighted by atomic mass is 16.5. The molecule has 2 heterocycles. The van der Waals surface area contributed by atoms with Gasteiger partial charge in [0.2, 0.25) is 0 Å². The lowest BCUT2D eigenvalue weighted by atomic mass is 9.75. The van der Waals surface area contributed by atoms with Gasteiger partial charge in [-0.05, 0) is 63.4 Å². The fourth-order valence-corrected chi connectivity index (χ4v) is 6.32. The molecule has 0 unspecified atom stereocenters. The molecule has 1 aliphatic rings. The average Bonchev–Trinajstić information content (AvgIpc) is 3.34. The smallest absolute Gasteiger partial charge is 0.135 e. The first-order chi connectivity index (χ1) is 19.1. The summed E-state index contributed by atoms with van der Waals surface area (Å²) in [7, 11) is 0. The van der Waals surface area contributed by atoms with E-state index in [1.54, 1.807) is 0 Å². The van der Waals surface area contributed by atoms with E-state index < -0.39 is 0 Å². The second-order valence-corrected chi connectivity index (χ2v) is 10.9. The van der Waals surface area contributed by atoms with Crippen molar-refractivity contribution in [1.29, 1.82) is 0 Å². The van der Waals surface area contributed by atoms with Crippen LogP contribution in [-0.4, -0.2) is 0 Å². The van der Waals surface area contributed by atoms with Gasteiger partial charge in [0.25, 0.3) is 0 Å². The first-order valence-corrected chi connectivity index (χ1v) is 13.4. The number of benzene rings is 6. The Kier molecular flexibility index (Phi) is 4.60. The van der Waals surface area contributed by atoms with Gasteiger partial charge in [-0.1, -0.05) is 105 Å². The number of furan rings is 1. The summed E-state index contributed by atoms with van der Waals surface area (Å²) in [4.78, 5) is 0. The highest BCUT2D eigenvalue weighted by Gasteiger charge is 2.34. The van der Waals surface area contributed by atoms with E-state index in [0.29, 0.717) is 0 Å². The Morgan fingerprint density at radius 3 is 1.85 bits per heavy atom. The third-order valence-corrected chi connectivity index (χ3v) is 8.36. The van der Waals surface area contributed by atoms with Crippen LogP contribution in [0.15, 0.2) is 126 Å². The third-order valence-electron chi connectivity index (χ3n) is 8.36. The third kappa shape index (κ3) is 3.28. The number of ether oxygens (including phenoxy) is 1. The van der Waals surface area contributed by atoms with Crippen molar-refractivity contribution in [3.8, 4) is 33.8 Å². The second kappa shape index (κ2) is 8.09. The van der Waals surface area contributed by atoms with Crippen LogP contribution in [0.3, 0.4) is 0 Å². The molecular weight excluding hydrogens is 476 g/mol. The van der Waals surface area contributed by atoms with E-state index in [1.165, 1.54) is 38.6 Å². The standard InChI is InChI=1S/C37H26O2/c1-37(2)31-12-6-8-14-35(31)39-36-22-24(15-19-32(36)37)26-18-17-25(27-9-3-4-10-28(26)27)23-16-20-34-30(21-23)29-11-5-7-13-33(29)38-34/h3-22H,1-2H3. The van der Waals surface area contributed by atoms with Gasteiger partial charge in [-0.25, -0.2) is 0 Å². The molecule has 0 bridgehead atoms. The summed E-state index contributed by atoms with van der Waals surface area (Å²) >= 11 is 0. The van der Waals surface area contributed by atoms with Gasteiger partial charge in [-0.2, -0.15) is 0 Å². The first kappa shape index (κ1) is 22.2. The second-order valence-electron chi connectivity index (χ2n) is 10.9. The molecular formula is C37H26O2. The van der Waals surface area contributed by atoms with Crippen LogP contribution in [0, 0.1) is 0 Å². The quantitative estimate of drug-likeness (QED) is 0.235. The molecule has 2 heteroatoms. The molecule has 6 aromatic carbocycles. The van der Waals surface area contributed by atoms with Crippen LogP contribution in [0.2, 0.25) is 0 Å². The van der Waals surface area contributed by atoms with Gasteiger partial charge >= 0.3 is 0 Å². The van der Waals surface area contributed by atoms with Crippen LogP contribution in [0.5, 0.6) is 11.5 Å². The highest BCUT2D eigenvalue weighted by Crippen LogP contribution is 2.49. The normalized spacial score (nSPS) is 13.8. The van der Waals surface area contributed by atoms with E-state index in [9.17, 15) is 0 Å². The van der Waals surface area contributed by atoms with E-state index in [-0.39, 0.29) is 5.41 Å². The Bertz CT molecular complexity index is 2080. The number of para-hydroxylation sites is 2. The molecule has 0 radical (unpaired) electrons. The fraction of sp³-hybridized carbons (Fsp3) is 0.0811. The van der Waals surface area contributed by atoms with Gasteiger partial charge in [0.05, 0.1) is 0 Å². The Balaban J connectivity index is 1.28.